The Bertz CT molecular complexity index is 964. The van der Waals surface area contributed by atoms with Gasteiger partial charge >= 0.3 is 5.97 Å². The molecule has 2 aromatic rings. The number of amides is 1. The predicted molar refractivity (Wildman–Crippen MR) is 107 cm³/mol. The minimum Gasteiger partial charge on any atom is -0.478 e. The van der Waals surface area contributed by atoms with Crippen LogP contribution in [0.1, 0.15) is 30.0 Å². The predicted octanol–water partition coefficient (Wildman–Crippen LogP) is 4.61. The third-order valence-electron chi connectivity index (χ3n) is 3.88. The number of hydrogen-bond donors (Lipinski definition) is 1. The second-order valence-electron chi connectivity index (χ2n) is 5.62. The number of carbonyl (C=O) groups excluding carboxylic acids is 1. The third kappa shape index (κ3) is 3.94. The fourth-order valence-corrected chi connectivity index (χ4v) is 3.94. The van der Waals surface area contributed by atoms with E-state index in [0.717, 1.165) is 0 Å². The fourth-order valence-electron chi connectivity index (χ4n) is 2.60. The largest absolute Gasteiger partial charge is 0.478 e. The first-order valence-electron chi connectivity index (χ1n) is 8.33. The van der Waals surface area contributed by atoms with E-state index in [1.54, 1.807) is 35.2 Å². The van der Waals surface area contributed by atoms with E-state index < -0.39 is 5.97 Å². The zero-order chi connectivity index (χ0) is 19.6. The van der Waals surface area contributed by atoms with Crippen molar-refractivity contribution < 1.29 is 19.1 Å². The van der Waals surface area contributed by atoms with Crippen LogP contribution in [-0.4, -0.2) is 40.1 Å². The average Bonchev–Trinajstić information content (AvgIpc) is 3.20. The molecular formula is C19H17ClN2O4S. The number of carboxylic acid groups (broad SMARTS) is 1. The standard InChI is InChI=1S/C19H17ClN2O4S/c1-3-21-19-22(4-2)17(23)16(27-19)10-12-6-8-15(26-12)11-5-7-13(18(24)25)14(20)9-11/h5-10H,3-4H2,1-2H3,(H,24,25)/b16-10-,21-19?. The van der Waals surface area contributed by atoms with Gasteiger partial charge in [-0.1, -0.05) is 17.7 Å². The van der Waals surface area contributed by atoms with Crippen LogP contribution in [0.5, 0.6) is 0 Å². The molecule has 140 valence electrons. The Balaban J connectivity index is 1.87. The van der Waals surface area contributed by atoms with Crippen LogP contribution in [0, 0.1) is 0 Å². The smallest absolute Gasteiger partial charge is 0.337 e. The Labute approximate surface area is 165 Å². The monoisotopic (exact) mass is 404 g/mol. The number of benzene rings is 1. The number of thioether (sulfide) groups is 1. The van der Waals surface area contributed by atoms with E-state index >= 15 is 0 Å². The van der Waals surface area contributed by atoms with E-state index in [2.05, 4.69) is 4.99 Å². The summed E-state index contributed by atoms with van der Waals surface area (Å²) >= 11 is 7.34. The molecule has 1 aliphatic rings. The Morgan fingerprint density at radius 1 is 1.33 bits per heavy atom. The molecule has 0 saturated carbocycles. The summed E-state index contributed by atoms with van der Waals surface area (Å²) < 4.78 is 5.79. The van der Waals surface area contributed by atoms with Gasteiger partial charge < -0.3 is 9.52 Å². The van der Waals surface area contributed by atoms with Crippen LogP contribution in [0.3, 0.4) is 0 Å². The average molecular weight is 405 g/mol. The lowest BCUT2D eigenvalue weighted by molar-refractivity contribution is -0.122. The second-order valence-corrected chi connectivity index (χ2v) is 7.04. The minimum atomic E-state index is -1.08. The number of halogens is 1. The van der Waals surface area contributed by atoms with E-state index in [9.17, 15) is 9.59 Å². The van der Waals surface area contributed by atoms with Gasteiger partial charge in [0, 0.05) is 24.7 Å². The van der Waals surface area contributed by atoms with Gasteiger partial charge in [0.25, 0.3) is 5.91 Å². The molecule has 0 aliphatic carbocycles. The molecule has 0 radical (unpaired) electrons. The molecule has 1 aliphatic heterocycles. The molecular weight excluding hydrogens is 388 g/mol. The highest BCUT2D eigenvalue weighted by Crippen LogP contribution is 2.34. The lowest BCUT2D eigenvalue weighted by Crippen LogP contribution is -2.28. The van der Waals surface area contributed by atoms with E-state index in [1.807, 2.05) is 13.8 Å². The summed E-state index contributed by atoms with van der Waals surface area (Å²) in [6.07, 6.45) is 1.69. The maximum atomic E-state index is 12.5. The van der Waals surface area contributed by atoms with E-state index in [1.165, 1.54) is 17.8 Å². The normalized spacial score (nSPS) is 17.3. The quantitative estimate of drug-likeness (QED) is 0.735. The Kier molecular flexibility index (Phi) is 5.72. The number of aliphatic imine (C=N–C) groups is 1. The summed E-state index contributed by atoms with van der Waals surface area (Å²) in [7, 11) is 0. The molecule has 1 N–H and O–H groups in total. The molecule has 2 heterocycles. The number of carbonyl (C=O) groups is 2. The van der Waals surface area contributed by atoms with Crippen molar-refractivity contribution in [1.29, 1.82) is 0 Å². The molecule has 0 unspecified atom stereocenters. The lowest BCUT2D eigenvalue weighted by Gasteiger charge is -2.11. The van der Waals surface area contributed by atoms with E-state index in [-0.39, 0.29) is 16.5 Å². The second kappa shape index (κ2) is 8.02. The van der Waals surface area contributed by atoms with Gasteiger partial charge in [0.05, 0.1) is 15.5 Å². The topological polar surface area (TPSA) is 83.1 Å². The van der Waals surface area contributed by atoms with Crippen LogP contribution >= 0.6 is 23.4 Å². The highest BCUT2D eigenvalue weighted by Gasteiger charge is 2.32. The summed E-state index contributed by atoms with van der Waals surface area (Å²) in [5, 5.41) is 9.88. The van der Waals surface area contributed by atoms with Crippen molar-refractivity contribution in [2.75, 3.05) is 13.1 Å². The van der Waals surface area contributed by atoms with Gasteiger partial charge in [0.1, 0.15) is 11.5 Å². The van der Waals surface area contributed by atoms with Crippen molar-refractivity contribution >= 4 is 46.5 Å². The first-order valence-corrected chi connectivity index (χ1v) is 9.53. The minimum absolute atomic E-state index is 0.0321. The molecule has 1 aromatic heterocycles. The van der Waals surface area contributed by atoms with Crippen LogP contribution in [0.2, 0.25) is 5.02 Å². The lowest BCUT2D eigenvalue weighted by atomic mass is 10.1. The van der Waals surface area contributed by atoms with Gasteiger partial charge in [-0.3, -0.25) is 14.7 Å². The molecule has 6 nitrogen and oxygen atoms in total. The molecule has 8 heteroatoms. The molecule has 1 amide bonds. The molecule has 1 fully saturated rings. The Morgan fingerprint density at radius 2 is 2.11 bits per heavy atom. The van der Waals surface area contributed by atoms with Crippen molar-refractivity contribution in [3.63, 3.8) is 0 Å². The highest BCUT2D eigenvalue weighted by atomic mass is 35.5. The summed E-state index contributed by atoms with van der Waals surface area (Å²) in [5.41, 5.74) is 0.688. The number of furan rings is 1. The Hall–Kier alpha value is -2.51. The number of amidine groups is 1. The maximum Gasteiger partial charge on any atom is 0.337 e. The third-order valence-corrected chi connectivity index (χ3v) is 5.24. The fraction of sp³-hybridized carbons (Fsp3) is 0.211. The number of carboxylic acids is 1. The first-order chi connectivity index (χ1) is 12.9. The summed E-state index contributed by atoms with van der Waals surface area (Å²) in [6.45, 7) is 4.99. The number of likely N-dealkylation sites (N-methyl/N-ethyl adjacent to an activating group) is 1. The van der Waals surface area contributed by atoms with Crippen LogP contribution in [0.25, 0.3) is 17.4 Å². The zero-order valence-electron chi connectivity index (χ0n) is 14.7. The molecule has 3 rings (SSSR count). The van der Waals surface area contributed by atoms with Crippen LogP contribution in [0.15, 0.2) is 44.6 Å². The van der Waals surface area contributed by atoms with Gasteiger partial charge in [-0.05, 0) is 49.9 Å². The van der Waals surface area contributed by atoms with E-state index in [0.29, 0.717) is 40.2 Å². The van der Waals surface area contributed by atoms with Crippen LogP contribution in [-0.2, 0) is 4.79 Å². The summed E-state index contributed by atoms with van der Waals surface area (Å²) in [5.74, 6) is -0.126. The van der Waals surface area contributed by atoms with Crippen molar-refractivity contribution in [2.24, 2.45) is 4.99 Å². The van der Waals surface area contributed by atoms with Crippen LogP contribution in [0.4, 0.5) is 0 Å². The molecule has 0 spiro atoms. The number of hydrogen-bond acceptors (Lipinski definition) is 5. The maximum absolute atomic E-state index is 12.5. The summed E-state index contributed by atoms with van der Waals surface area (Å²) in [4.78, 5) is 30.1. The molecule has 0 atom stereocenters. The van der Waals surface area contributed by atoms with Gasteiger partial charge in [-0.25, -0.2) is 4.79 Å². The van der Waals surface area contributed by atoms with Crippen molar-refractivity contribution in [1.82, 2.24) is 4.90 Å². The SMILES string of the molecule is CCN=C1S/C(=C\c2ccc(-c3ccc(C(=O)O)c(Cl)c3)o2)C(=O)N1CC. The van der Waals surface area contributed by atoms with Gasteiger partial charge in [-0.15, -0.1) is 0 Å². The van der Waals surface area contributed by atoms with Crippen molar-refractivity contribution in [3.05, 3.63) is 51.6 Å². The zero-order valence-corrected chi connectivity index (χ0v) is 16.3. The number of nitrogens with zero attached hydrogens (tertiary/aromatic N) is 2. The molecule has 1 aromatic carbocycles. The highest BCUT2D eigenvalue weighted by molar-refractivity contribution is 8.18. The number of rotatable bonds is 5. The van der Waals surface area contributed by atoms with Crippen molar-refractivity contribution in [2.45, 2.75) is 13.8 Å². The van der Waals surface area contributed by atoms with Crippen molar-refractivity contribution in [3.8, 4) is 11.3 Å². The van der Waals surface area contributed by atoms with Gasteiger partial charge in [-0.2, -0.15) is 0 Å². The van der Waals surface area contributed by atoms with E-state index in [4.69, 9.17) is 21.1 Å². The van der Waals surface area contributed by atoms with Gasteiger partial charge in [0.15, 0.2) is 5.17 Å². The van der Waals surface area contributed by atoms with Crippen LogP contribution < -0.4 is 0 Å². The molecule has 1 saturated heterocycles. The molecule has 27 heavy (non-hydrogen) atoms. The summed E-state index contributed by atoms with van der Waals surface area (Å²) in [6, 6.07) is 8.11. The van der Waals surface area contributed by atoms with Gasteiger partial charge in [0.2, 0.25) is 0 Å². The Morgan fingerprint density at radius 3 is 2.74 bits per heavy atom. The first kappa shape index (κ1) is 19.3. The number of aromatic carboxylic acids is 1. The molecule has 0 bridgehead atoms.